The third kappa shape index (κ3) is 5.94. The Balaban J connectivity index is 1.43. The molecule has 37 heavy (non-hydrogen) atoms. The number of nitrogens with zero attached hydrogens (tertiary/aromatic N) is 6. The van der Waals surface area contributed by atoms with Crippen LogP contribution in [0.5, 0.6) is 0 Å². The van der Waals surface area contributed by atoms with Crippen LogP contribution in [-0.4, -0.2) is 74.4 Å². The number of aryl methyl sites for hydroxylation is 2. The van der Waals surface area contributed by atoms with Crippen LogP contribution in [0.1, 0.15) is 80.0 Å². The summed E-state index contributed by atoms with van der Waals surface area (Å²) in [5.74, 6) is 0.935. The van der Waals surface area contributed by atoms with Crippen LogP contribution in [-0.2, 0) is 11.3 Å². The maximum absolute atomic E-state index is 13.3. The molecule has 200 valence electrons. The van der Waals surface area contributed by atoms with Crippen molar-refractivity contribution in [3.63, 3.8) is 0 Å². The molecule has 1 N–H and O–H groups in total. The van der Waals surface area contributed by atoms with Gasteiger partial charge in [-0.3, -0.25) is 14.6 Å². The number of tetrazole rings is 1. The highest BCUT2D eigenvalue weighted by Gasteiger charge is 2.29. The molecule has 5 rings (SSSR count). The number of H-pyrrole nitrogens is 1. The van der Waals surface area contributed by atoms with Crippen molar-refractivity contribution in [1.82, 2.24) is 35.0 Å². The molecule has 0 bridgehead atoms. The molecule has 0 amide bonds. The second kappa shape index (κ2) is 11.8. The van der Waals surface area contributed by atoms with Gasteiger partial charge in [0.15, 0.2) is 5.82 Å². The number of aromatic nitrogens is 5. The number of morpholine rings is 1. The Hall–Kier alpha value is -2.62. The maximum Gasteiger partial charge on any atom is 0.252 e. The SMILES string of the molecule is CC[C@@H](c1nnnn1C1CCCC1)N(CCCN1CCOCC1)Cc1cc2cc(C)cc(C)c2[nH]c1=O. The molecule has 9 nitrogen and oxygen atoms in total. The van der Waals surface area contributed by atoms with Gasteiger partial charge in [-0.25, -0.2) is 4.68 Å². The summed E-state index contributed by atoms with van der Waals surface area (Å²) in [7, 11) is 0. The molecule has 1 atom stereocenters. The molecule has 2 aromatic heterocycles. The van der Waals surface area contributed by atoms with Gasteiger partial charge in [-0.2, -0.15) is 0 Å². The molecule has 0 radical (unpaired) electrons. The van der Waals surface area contributed by atoms with Gasteiger partial charge < -0.3 is 9.72 Å². The molecule has 1 aromatic carbocycles. The monoisotopic (exact) mass is 507 g/mol. The van der Waals surface area contributed by atoms with E-state index in [2.05, 4.69) is 74.0 Å². The fourth-order valence-corrected chi connectivity index (χ4v) is 6.17. The van der Waals surface area contributed by atoms with Crippen molar-refractivity contribution in [2.24, 2.45) is 0 Å². The van der Waals surface area contributed by atoms with E-state index in [-0.39, 0.29) is 11.6 Å². The highest BCUT2D eigenvalue weighted by atomic mass is 16.5. The van der Waals surface area contributed by atoms with E-state index in [9.17, 15) is 4.79 Å². The zero-order valence-electron chi connectivity index (χ0n) is 22.6. The third-order valence-electron chi connectivity index (χ3n) is 8.08. The molecule has 3 heterocycles. The highest BCUT2D eigenvalue weighted by Crippen LogP contribution is 2.33. The summed E-state index contributed by atoms with van der Waals surface area (Å²) < 4.78 is 7.60. The van der Waals surface area contributed by atoms with Crippen molar-refractivity contribution in [3.8, 4) is 0 Å². The smallest absolute Gasteiger partial charge is 0.252 e. The number of rotatable bonds is 10. The van der Waals surface area contributed by atoms with Crippen LogP contribution in [0.15, 0.2) is 23.0 Å². The first-order valence-electron chi connectivity index (χ1n) is 14.0. The molecule has 9 heteroatoms. The minimum Gasteiger partial charge on any atom is -0.379 e. The second-order valence-electron chi connectivity index (χ2n) is 10.8. The first-order valence-corrected chi connectivity index (χ1v) is 14.0. The van der Waals surface area contributed by atoms with Gasteiger partial charge in [-0.15, -0.1) is 5.10 Å². The molecule has 0 unspecified atom stereocenters. The van der Waals surface area contributed by atoms with Crippen LogP contribution in [0.4, 0.5) is 0 Å². The zero-order chi connectivity index (χ0) is 25.8. The van der Waals surface area contributed by atoms with Crippen LogP contribution < -0.4 is 5.56 Å². The molecule has 1 aliphatic carbocycles. The lowest BCUT2D eigenvalue weighted by Gasteiger charge is -2.32. The average molecular weight is 508 g/mol. The Morgan fingerprint density at radius 1 is 1.16 bits per heavy atom. The minimum absolute atomic E-state index is 0.0112. The van der Waals surface area contributed by atoms with Crippen LogP contribution >= 0.6 is 0 Å². The predicted molar refractivity (Wildman–Crippen MR) is 145 cm³/mol. The fourth-order valence-electron chi connectivity index (χ4n) is 6.17. The van der Waals surface area contributed by atoms with Crippen LogP contribution in [0.3, 0.4) is 0 Å². The molecule has 0 spiro atoms. The maximum atomic E-state index is 13.3. The number of aromatic amines is 1. The summed E-state index contributed by atoms with van der Waals surface area (Å²) in [5, 5.41) is 14.2. The molecule has 2 fully saturated rings. The third-order valence-corrected chi connectivity index (χ3v) is 8.08. The minimum atomic E-state index is -0.0112. The quantitative estimate of drug-likeness (QED) is 0.445. The van der Waals surface area contributed by atoms with Gasteiger partial charge in [0.2, 0.25) is 0 Å². The summed E-state index contributed by atoms with van der Waals surface area (Å²) in [6, 6.07) is 6.78. The van der Waals surface area contributed by atoms with Crippen molar-refractivity contribution in [2.75, 3.05) is 39.4 Å². The van der Waals surface area contributed by atoms with E-state index in [0.717, 1.165) is 92.9 Å². The summed E-state index contributed by atoms with van der Waals surface area (Å²) in [5.41, 5.74) is 4.01. The standard InChI is InChI=1S/C28H41N7O2/c1-4-25(27-30-31-32-35(27)24-8-5-6-9-24)34(11-7-10-33-12-14-37-15-13-33)19-23-18-22-17-20(2)16-21(3)26(22)29-28(23)36/h16-18,24-25H,4-15,19H2,1-3H3,(H,29,36)/t25-/m0/s1. The van der Waals surface area contributed by atoms with E-state index in [1.54, 1.807) is 0 Å². The molecule has 3 aromatic rings. The van der Waals surface area contributed by atoms with E-state index >= 15 is 0 Å². The average Bonchev–Trinajstić information content (AvgIpc) is 3.58. The fraction of sp³-hybridized carbons (Fsp3) is 0.643. The Labute approximate surface area is 219 Å². The Kier molecular flexibility index (Phi) is 8.32. The molecule has 1 saturated carbocycles. The van der Waals surface area contributed by atoms with Gasteiger partial charge in [0.1, 0.15) is 0 Å². The van der Waals surface area contributed by atoms with Crippen LogP contribution in [0.2, 0.25) is 0 Å². The van der Waals surface area contributed by atoms with E-state index in [1.165, 1.54) is 18.4 Å². The predicted octanol–water partition coefficient (Wildman–Crippen LogP) is 3.92. The molecule has 1 saturated heterocycles. The zero-order valence-corrected chi connectivity index (χ0v) is 22.6. The molecule has 2 aliphatic rings. The number of nitrogens with one attached hydrogen (secondary N) is 1. The Morgan fingerprint density at radius 3 is 2.70 bits per heavy atom. The van der Waals surface area contributed by atoms with Crippen molar-refractivity contribution >= 4 is 10.9 Å². The normalized spacial score (nSPS) is 18.3. The first kappa shape index (κ1) is 26.0. The lowest BCUT2D eigenvalue weighted by atomic mass is 10.0. The van der Waals surface area contributed by atoms with Crippen molar-refractivity contribution in [2.45, 2.75) is 77.9 Å². The molecular formula is C28H41N7O2. The van der Waals surface area contributed by atoms with Gasteiger partial charge in [-0.05, 0) is 79.6 Å². The summed E-state index contributed by atoms with van der Waals surface area (Å²) >= 11 is 0. The van der Waals surface area contributed by atoms with E-state index in [1.807, 2.05) is 0 Å². The van der Waals surface area contributed by atoms with E-state index in [4.69, 9.17) is 4.74 Å². The van der Waals surface area contributed by atoms with Crippen LogP contribution in [0, 0.1) is 13.8 Å². The number of benzene rings is 1. The van der Waals surface area contributed by atoms with Gasteiger partial charge in [0, 0.05) is 31.7 Å². The molecular weight excluding hydrogens is 466 g/mol. The van der Waals surface area contributed by atoms with Crippen molar-refractivity contribution < 1.29 is 4.74 Å². The number of hydrogen-bond acceptors (Lipinski definition) is 7. The summed E-state index contributed by atoms with van der Waals surface area (Å²) in [6.07, 6.45) is 6.63. The Morgan fingerprint density at radius 2 is 1.95 bits per heavy atom. The van der Waals surface area contributed by atoms with Crippen molar-refractivity contribution in [3.05, 3.63) is 51.1 Å². The van der Waals surface area contributed by atoms with E-state index < -0.39 is 0 Å². The largest absolute Gasteiger partial charge is 0.379 e. The van der Waals surface area contributed by atoms with Gasteiger partial charge in [0.05, 0.1) is 30.8 Å². The number of fused-ring (bicyclic) bond motifs is 1. The number of pyridine rings is 1. The van der Waals surface area contributed by atoms with Crippen LogP contribution in [0.25, 0.3) is 10.9 Å². The Bertz CT molecular complexity index is 1240. The summed E-state index contributed by atoms with van der Waals surface area (Å²) in [6.45, 7) is 12.4. The van der Waals surface area contributed by atoms with Gasteiger partial charge in [0.25, 0.3) is 5.56 Å². The van der Waals surface area contributed by atoms with E-state index in [0.29, 0.717) is 12.6 Å². The number of hydrogen-bond donors (Lipinski definition) is 1. The molecule has 1 aliphatic heterocycles. The second-order valence-corrected chi connectivity index (χ2v) is 10.8. The lowest BCUT2D eigenvalue weighted by molar-refractivity contribution is 0.0348. The number of ether oxygens (including phenoxy) is 1. The summed E-state index contributed by atoms with van der Waals surface area (Å²) in [4.78, 5) is 21.3. The lowest BCUT2D eigenvalue weighted by Crippen LogP contribution is -2.39. The highest BCUT2D eigenvalue weighted by molar-refractivity contribution is 5.82. The van der Waals surface area contributed by atoms with Crippen molar-refractivity contribution in [1.29, 1.82) is 0 Å². The van der Waals surface area contributed by atoms with Gasteiger partial charge in [-0.1, -0.05) is 31.4 Å². The van der Waals surface area contributed by atoms with Gasteiger partial charge >= 0.3 is 0 Å². The topological polar surface area (TPSA) is 92.2 Å². The first-order chi connectivity index (χ1) is 18.0.